The predicted molar refractivity (Wildman–Crippen MR) is 41.4 cm³/mol. The molecule has 1 aromatic carbocycles. The number of anilines is 1. The number of quaternary nitrogens is 1. The number of phenols is 1. The molecule has 0 saturated heterocycles. The van der Waals surface area contributed by atoms with E-state index in [1.165, 1.54) is 6.07 Å². The Morgan fingerprint density at radius 3 is 2.31 bits per heavy atom. The van der Waals surface area contributed by atoms with Crippen LogP contribution in [0.1, 0.15) is 5.56 Å². The number of aromatic hydroxyl groups is 1. The molecule has 0 aliphatic heterocycles. The number of hydrogen-bond donors (Lipinski definition) is 4. The van der Waals surface area contributed by atoms with Crippen LogP contribution in [0.15, 0.2) is 18.2 Å². The first-order valence-corrected chi connectivity index (χ1v) is 3.14. The van der Waals surface area contributed by atoms with E-state index in [1.807, 2.05) is 0 Å². The first-order valence-electron chi connectivity index (χ1n) is 3.14. The molecule has 0 aliphatic carbocycles. The van der Waals surface area contributed by atoms with Gasteiger partial charge in [0.1, 0.15) is 11.3 Å². The zero-order valence-corrected chi connectivity index (χ0v) is 8.31. The van der Waals surface area contributed by atoms with Crippen molar-refractivity contribution in [2.75, 3.05) is 5.73 Å². The van der Waals surface area contributed by atoms with Gasteiger partial charge in [0.15, 0.2) is 0 Å². The first-order chi connectivity index (χ1) is 5.11. The molecule has 0 fully saturated rings. The molecule has 0 aliphatic rings. The Hall–Kier alpha value is -0.970. The molecule has 1 aromatic rings. The SMILES string of the molecule is Nc1ccc(C(=[NH2+])[NH3+])cc1O.[Cl-].[Cl-]. The summed E-state index contributed by atoms with van der Waals surface area (Å²) in [5, 5.41) is 14.5. The van der Waals surface area contributed by atoms with Gasteiger partial charge in [-0.1, -0.05) is 0 Å². The molecule has 0 amide bonds. The van der Waals surface area contributed by atoms with Gasteiger partial charge in [-0.15, -0.1) is 0 Å². The van der Waals surface area contributed by atoms with E-state index in [4.69, 9.17) is 16.2 Å². The van der Waals surface area contributed by atoms with E-state index < -0.39 is 0 Å². The van der Waals surface area contributed by atoms with Crippen molar-refractivity contribution in [1.29, 1.82) is 0 Å². The third-order valence-corrected chi connectivity index (χ3v) is 1.40. The molecule has 0 atom stereocenters. The summed E-state index contributed by atoms with van der Waals surface area (Å²) >= 11 is 0. The quantitative estimate of drug-likeness (QED) is 0.165. The Morgan fingerprint density at radius 1 is 1.38 bits per heavy atom. The summed E-state index contributed by atoms with van der Waals surface area (Å²) in [5.74, 6) is 0.453. The monoisotopic (exact) mass is 223 g/mol. The number of benzene rings is 1. The van der Waals surface area contributed by atoms with Gasteiger partial charge in [-0.25, -0.2) is 5.41 Å². The topological polar surface area (TPSA) is 99.5 Å². The van der Waals surface area contributed by atoms with Crippen molar-refractivity contribution in [3.05, 3.63) is 23.8 Å². The zero-order valence-electron chi connectivity index (χ0n) is 6.80. The third kappa shape index (κ3) is 3.50. The number of amidine groups is 1. The highest BCUT2D eigenvalue weighted by Gasteiger charge is 2.06. The van der Waals surface area contributed by atoms with Crippen LogP contribution in [0.5, 0.6) is 5.75 Å². The van der Waals surface area contributed by atoms with Gasteiger partial charge in [-0.3, -0.25) is 5.73 Å². The lowest BCUT2D eigenvalue weighted by Gasteiger charge is -1.96. The maximum absolute atomic E-state index is 9.13. The van der Waals surface area contributed by atoms with Crippen LogP contribution in [0, 0.1) is 0 Å². The Balaban J connectivity index is 0. The van der Waals surface area contributed by atoms with Gasteiger partial charge in [0.25, 0.3) is 0 Å². The molecule has 0 bridgehead atoms. The minimum absolute atomic E-state index is 0. The fraction of sp³-hybridized carbons (Fsp3) is 0. The molecule has 0 radical (unpaired) electrons. The lowest BCUT2D eigenvalue weighted by molar-refractivity contribution is -0.298. The van der Waals surface area contributed by atoms with Crippen molar-refractivity contribution in [3.8, 4) is 5.75 Å². The van der Waals surface area contributed by atoms with Gasteiger partial charge in [0.05, 0.1) is 5.69 Å². The van der Waals surface area contributed by atoms with E-state index in [0.717, 1.165) is 0 Å². The van der Waals surface area contributed by atoms with Crippen LogP contribution in [-0.2, 0) is 0 Å². The van der Waals surface area contributed by atoms with Gasteiger partial charge < -0.3 is 35.7 Å². The van der Waals surface area contributed by atoms with Crippen LogP contribution in [0.2, 0.25) is 0 Å². The molecule has 6 heteroatoms. The summed E-state index contributed by atoms with van der Waals surface area (Å²) in [6.07, 6.45) is 0. The molecule has 0 unspecified atom stereocenters. The number of rotatable bonds is 1. The first kappa shape index (κ1) is 14.5. The Labute approximate surface area is 88.3 Å². The second-order valence-corrected chi connectivity index (χ2v) is 2.30. The number of halogens is 2. The molecule has 4 nitrogen and oxygen atoms in total. The third-order valence-electron chi connectivity index (χ3n) is 1.40. The van der Waals surface area contributed by atoms with E-state index in [1.54, 1.807) is 12.1 Å². The predicted octanol–water partition coefficient (Wildman–Crippen LogP) is -8.27. The van der Waals surface area contributed by atoms with Gasteiger partial charge in [-0.05, 0) is 12.1 Å². The van der Waals surface area contributed by atoms with Gasteiger partial charge in [-0.2, -0.15) is 0 Å². The highest BCUT2D eigenvalue weighted by molar-refractivity contribution is 5.86. The normalized spacial score (nSPS) is 8.08. The number of nitrogen functional groups attached to an aromatic ring is 1. The number of nitrogens with two attached hydrogens (primary N) is 2. The lowest BCUT2D eigenvalue weighted by atomic mass is 10.2. The number of phenolic OH excluding ortho intramolecular Hbond substituents is 1. The molecule has 0 spiro atoms. The Bertz CT molecular complexity index is 304. The minimum atomic E-state index is 0. The molecular weight excluding hydrogens is 213 g/mol. The zero-order chi connectivity index (χ0) is 8.43. The van der Waals surface area contributed by atoms with Crippen LogP contribution >= 0.6 is 0 Å². The van der Waals surface area contributed by atoms with Gasteiger partial charge in [0.2, 0.25) is 0 Å². The Morgan fingerprint density at radius 2 is 1.92 bits per heavy atom. The smallest absolute Gasteiger partial charge is 0.362 e. The highest BCUT2D eigenvalue weighted by atomic mass is 35.5. The summed E-state index contributed by atoms with van der Waals surface area (Å²) in [4.78, 5) is 0. The van der Waals surface area contributed by atoms with E-state index in [0.29, 0.717) is 17.1 Å². The fourth-order valence-corrected chi connectivity index (χ4v) is 0.743. The fourth-order valence-electron chi connectivity index (χ4n) is 0.743. The molecule has 74 valence electrons. The highest BCUT2D eigenvalue weighted by Crippen LogP contribution is 2.19. The molecular formula is C7H11Cl2N3O. The average Bonchev–Trinajstić information content (AvgIpc) is 1.94. The van der Waals surface area contributed by atoms with Crippen LogP contribution in [0.4, 0.5) is 5.69 Å². The summed E-state index contributed by atoms with van der Waals surface area (Å²) in [5.41, 5.74) is 9.92. The van der Waals surface area contributed by atoms with Crippen molar-refractivity contribution in [1.82, 2.24) is 0 Å². The van der Waals surface area contributed by atoms with E-state index in [9.17, 15) is 0 Å². The van der Waals surface area contributed by atoms with Crippen molar-refractivity contribution in [3.63, 3.8) is 0 Å². The molecule has 8 N–H and O–H groups in total. The van der Waals surface area contributed by atoms with E-state index in [2.05, 4.69) is 5.73 Å². The largest absolute Gasteiger partial charge is 1.00 e. The van der Waals surface area contributed by atoms with Crippen molar-refractivity contribution >= 4 is 11.5 Å². The molecule has 13 heavy (non-hydrogen) atoms. The second kappa shape index (κ2) is 5.64. The minimum Gasteiger partial charge on any atom is -1.00 e. The maximum atomic E-state index is 9.13. The average molecular weight is 224 g/mol. The number of hydrogen-bond acceptors (Lipinski definition) is 2. The van der Waals surface area contributed by atoms with Crippen molar-refractivity contribution < 1.29 is 41.1 Å². The molecule has 0 heterocycles. The lowest BCUT2D eigenvalue weighted by Crippen LogP contribution is -3.00. The Kier molecular flexibility index (Phi) is 6.31. The molecule has 0 saturated carbocycles. The van der Waals surface area contributed by atoms with Crippen LogP contribution < -0.4 is 41.7 Å². The van der Waals surface area contributed by atoms with Gasteiger partial charge in [0, 0.05) is 6.07 Å². The standard InChI is InChI=1S/C7H9N3O.2ClH/c8-5-2-1-4(7(9)10)3-6(5)11;;/h1-3,11H,8H2,(H3,9,10);2*1H. The van der Waals surface area contributed by atoms with Crippen LogP contribution in [-0.4, -0.2) is 10.9 Å². The van der Waals surface area contributed by atoms with Crippen LogP contribution in [0.3, 0.4) is 0 Å². The maximum Gasteiger partial charge on any atom is 0.362 e. The van der Waals surface area contributed by atoms with Gasteiger partial charge >= 0.3 is 5.84 Å². The van der Waals surface area contributed by atoms with Crippen molar-refractivity contribution in [2.45, 2.75) is 0 Å². The summed E-state index contributed by atoms with van der Waals surface area (Å²) < 4.78 is 0. The molecule has 1 rings (SSSR count). The van der Waals surface area contributed by atoms with Crippen LogP contribution in [0.25, 0.3) is 0 Å². The summed E-state index contributed by atoms with van der Waals surface area (Å²) in [6, 6.07) is 4.78. The second-order valence-electron chi connectivity index (χ2n) is 2.30. The molecule has 0 aromatic heterocycles. The summed E-state index contributed by atoms with van der Waals surface area (Å²) in [7, 11) is 0. The summed E-state index contributed by atoms with van der Waals surface area (Å²) in [6.45, 7) is 0. The van der Waals surface area contributed by atoms with Crippen molar-refractivity contribution in [2.24, 2.45) is 0 Å². The van der Waals surface area contributed by atoms with E-state index >= 15 is 0 Å². The van der Waals surface area contributed by atoms with E-state index in [-0.39, 0.29) is 30.6 Å².